The van der Waals surface area contributed by atoms with Crippen molar-refractivity contribution in [3.8, 4) is 22.3 Å². The molecule has 93 heavy (non-hydrogen) atoms. The minimum atomic E-state index is -10.7. The van der Waals surface area contributed by atoms with E-state index in [4.69, 9.17) is 14.6 Å². The molecule has 18 aliphatic heterocycles. The molecule has 0 saturated carbocycles. The first-order valence-corrected chi connectivity index (χ1v) is 39.1. The van der Waals surface area contributed by atoms with E-state index in [1.54, 1.807) is 0 Å². The van der Waals surface area contributed by atoms with Crippen LogP contribution in [-0.4, -0.2) is 55.1 Å². The number of hydrogen-bond donors (Lipinski definition) is 2. The SMILES string of the molecule is CSC1=C(SCCOCCOCCO)SC(=C2Sc3c[nH]cc3S2)S1.F[P-](F)(F)(F)(F)F.F[P-](F)(F)(F)(F)F.F[P-](F)(F)(F)(F)F.F[P-](F)(F)(F)(F)F.c1cc2ccc1C[n+]1ccc(cc1)-c1cc[n+](cc1)Cc1ccc(cc1)C[n+]1ccc(cc1)-c1cc[n+](cc1)C2. The summed E-state index contributed by atoms with van der Waals surface area (Å²) in [5.74, 6) is 0.941. The minimum absolute atomic E-state index is 0.0653. The Morgan fingerprint density at radius 2 is 0.624 bits per heavy atom. The third kappa shape index (κ3) is 40.9. The maximum absolute atomic E-state index is 10.7. The Morgan fingerprint density at radius 1 is 0.376 bits per heavy atom. The van der Waals surface area contributed by atoms with Crippen LogP contribution in [0.1, 0.15) is 22.3 Å². The van der Waals surface area contributed by atoms with Crippen LogP contribution in [-0.2, 0) is 35.7 Å². The molecule has 2 aromatic carbocycles. The van der Waals surface area contributed by atoms with Crippen LogP contribution in [0, 0.1) is 0 Å². The van der Waals surface area contributed by atoms with Crippen LogP contribution in [0.2, 0.25) is 0 Å². The van der Waals surface area contributed by atoms with Crippen molar-refractivity contribution in [1.29, 1.82) is 0 Å². The fourth-order valence-corrected chi connectivity index (χ4v) is 15.4. The number of nitrogens with one attached hydrogen (secondary N) is 1. The van der Waals surface area contributed by atoms with Crippen molar-refractivity contribution >= 4 is 102 Å². The summed E-state index contributed by atoms with van der Waals surface area (Å²) in [6.07, 6.45) is 23.7. The van der Waals surface area contributed by atoms with Crippen molar-refractivity contribution < 1.29 is 134 Å². The third-order valence-corrected chi connectivity index (χ3v) is 19.2. The molecule has 0 saturated heterocycles. The van der Waals surface area contributed by atoms with Gasteiger partial charge in [-0.3, -0.25) is 0 Å². The van der Waals surface area contributed by atoms with E-state index in [9.17, 15) is 101 Å². The summed E-state index contributed by atoms with van der Waals surface area (Å²) >= 11 is 11.2. The number of thioether (sulfide) groups is 6. The van der Waals surface area contributed by atoms with Gasteiger partial charge in [0.25, 0.3) is 0 Å². The molecule has 0 atom stereocenters. The van der Waals surface area contributed by atoms with Gasteiger partial charge >= 0.3 is 132 Å². The zero-order chi connectivity index (χ0) is 69.8. The van der Waals surface area contributed by atoms with Gasteiger partial charge in [0.15, 0.2) is 75.8 Å². The smallest absolute Gasteiger partial charge is 0.173 e. The molecule has 522 valence electrons. The molecule has 0 fully saturated rings. The molecule has 8 nitrogen and oxygen atoms in total. The molecular formula is C51H51F24N5O3P4S6. The standard InChI is InChI=1S/C36H32N4.C15H19NO3S6.4F6P/c1-2-30-4-3-29(1)25-37-17-9-33(10-18-37)35-13-21-39(22-14-35)27-31-5-7-32(8-6-31)28-40-23-15-36(16-24-40)34-11-19-38(26-30)20-12-34;1-20-12-13(21-7-6-19-5-4-18-3-2-17)25-15(24-12)14-22-10-8-16-9-11(10)23-14;4*1-7(2,3,4,5)6/h1-24H,25-28H2;8-9,16-17H,2-7H2,1H3;;;;/q+4;;4*-1. The molecule has 23 heterocycles. The molecule has 0 amide bonds. The van der Waals surface area contributed by atoms with E-state index < -0.39 is 31.2 Å². The first-order valence-electron chi connectivity index (χ1n) is 25.5. The second kappa shape index (κ2) is 27.6. The van der Waals surface area contributed by atoms with Crippen LogP contribution in [0.4, 0.5) is 101 Å². The molecule has 42 heteroatoms. The van der Waals surface area contributed by atoms with E-state index in [1.807, 2.05) is 70.6 Å². The van der Waals surface area contributed by atoms with E-state index in [0.29, 0.717) is 26.4 Å². The largest absolute Gasteiger partial charge is 0.201 e. The van der Waals surface area contributed by atoms with Crippen molar-refractivity contribution in [2.45, 2.75) is 36.0 Å². The molecule has 2 N–H and O–H groups in total. The van der Waals surface area contributed by atoms with Crippen LogP contribution in [0.3, 0.4) is 0 Å². The van der Waals surface area contributed by atoms with Crippen LogP contribution >= 0.6 is 102 Å². The maximum atomic E-state index is 9.87. The minimum Gasteiger partial charge on any atom is -0.201 e. The second-order valence-electron chi connectivity index (χ2n) is 19.2. The van der Waals surface area contributed by atoms with Gasteiger partial charge in [-0.25, -0.2) is 18.3 Å². The Labute approximate surface area is 538 Å². The molecule has 25 rings (SSSR count). The molecule has 7 aromatic rings. The molecular weight excluding hydrogens is 1500 g/mol. The van der Waals surface area contributed by atoms with Gasteiger partial charge in [0, 0.05) is 98.7 Å². The Kier molecular flexibility index (Phi) is 23.6. The second-order valence-corrected chi connectivity index (χ2v) is 34.0. The van der Waals surface area contributed by atoms with Gasteiger partial charge in [-0.15, -0.1) is 23.5 Å². The number of aliphatic hydroxyl groups excluding tert-OH is 1. The van der Waals surface area contributed by atoms with Gasteiger partial charge in [-0.05, 0) is 28.5 Å². The number of rotatable bonds is 10. The molecule has 0 radical (unpaired) electrons. The first kappa shape index (κ1) is 79.5. The van der Waals surface area contributed by atoms with Gasteiger partial charge in [-0.1, -0.05) is 95.6 Å². The predicted molar refractivity (Wildman–Crippen MR) is 325 cm³/mol. The molecule has 18 aliphatic rings. The van der Waals surface area contributed by atoms with Crippen molar-refractivity contribution in [3.63, 3.8) is 0 Å². The number of hydrogen-bond acceptors (Lipinski definition) is 9. The average molecular weight is 1550 g/mol. The number of aromatic amines is 1. The normalized spacial score (nSPS) is 17.0. The maximum Gasteiger partial charge on any atom is 0.173 e. The zero-order valence-electron chi connectivity index (χ0n) is 46.9. The topological polar surface area (TPSA) is 70.0 Å². The van der Waals surface area contributed by atoms with Crippen LogP contribution in [0.5, 0.6) is 0 Å². The van der Waals surface area contributed by atoms with Gasteiger partial charge in [0.2, 0.25) is 0 Å². The van der Waals surface area contributed by atoms with Gasteiger partial charge in [-0.2, -0.15) is 0 Å². The number of nitrogens with zero attached hydrogens (tertiary/aromatic N) is 4. The van der Waals surface area contributed by atoms with Crippen LogP contribution in [0.15, 0.2) is 186 Å². The van der Waals surface area contributed by atoms with Crippen LogP contribution < -0.4 is 18.3 Å². The molecule has 0 aliphatic carbocycles. The van der Waals surface area contributed by atoms with Crippen molar-refractivity contribution in [2.75, 3.05) is 45.0 Å². The quantitative estimate of drug-likeness (QED) is 0.0603. The molecule has 0 unspecified atom stereocenters. The average Bonchev–Trinajstić information content (AvgIpc) is 1.81. The monoisotopic (exact) mass is 1550 g/mol. The van der Waals surface area contributed by atoms with Gasteiger partial charge < -0.3 is 19.6 Å². The number of halogens is 24. The van der Waals surface area contributed by atoms with Crippen molar-refractivity contribution in [1.82, 2.24) is 4.98 Å². The van der Waals surface area contributed by atoms with E-state index >= 15 is 0 Å². The summed E-state index contributed by atoms with van der Waals surface area (Å²) < 4.78 is 262. The predicted octanol–water partition coefficient (Wildman–Crippen LogP) is 23.3. The Hall–Kier alpha value is -4.18. The number of aromatic nitrogens is 5. The summed E-state index contributed by atoms with van der Waals surface area (Å²) in [6.45, 7) is 5.70. The van der Waals surface area contributed by atoms with Gasteiger partial charge in [0.05, 0.1) is 50.0 Å². The number of aliphatic hydroxyl groups is 1. The Morgan fingerprint density at radius 3 is 0.882 bits per heavy atom. The van der Waals surface area contributed by atoms with E-state index in [-0.39, 0.29) is 6.61 Å². The summed E-state index contributed by atoms with van der Waals surface area (Å²) in [5.41, 5.74) is 10.1. The number of fused-ring (bicyclic) bond motifs is 1. The Bertz CT molecular complexity index is 3270. The number of H-pyrrole nitrogens is 1. The molecule has 5 aromatic heterocycles. The van der Waals surface area contributed by atoms with E-state index in [0.717, 1.165) is 31.9 Å². The third-order valence-electron chi connectivity index (χ3n) is 10.8. The number of ether oxygens (including phenoxy) is 2. The fourth-order valence-electron chi connectivity index (χ4n) is 7.31. The number of benzene rings is 2. The summed E-state index contributed by atoms with van der Waals surface area (Å²) in [7, 11) is -42.6. The summed E-state index contributed by atoms with van der Waals surface area (Å²) in [5, 5.41) is 8.63. The zero-order valence-corrected chi connectivity index (χ0v) is 55.4. The van der Waals surface area contributed by atoms with E-state index in [1.165, 1.54) is 71.2 Å². The van der Waals surface area contributed by atoms with Crippen molar-refractivity contribution in [3.05, 3.63) is 198 Å². The fraction of sp³-hybridized carbons (Fsp3) is 0.216. The first-order chi connectivity index (χ1) is 41.8. The summed E-state index contributed by atoms with van der Waals surface area (Å²) in [4.78, 5) is 5.83. The molecule has 0 spiro atoms. The van der Waals surface area contributed by atoms with E-state index in [2.05, 4.69) is 189 Å². The molecule has 12 bridgehead atoms. The van der Waals surface area contributed by atoms with Gasteiger partial charge in [0.1, 0.15) is 0 Å². The summed E-state index contributed by atoms with van der Waals surface area (Å²) in [6, 6.07) is 35.5. The Balaban J connectivity index is 0.000000250. The van der Waals surface area contributed by atoms with Crippen molar-refractivity contribution in [2.24, 2.45) is 0 Å². The number of pyridine rings is 4. The van der Waals surface area contributed by atoms with Crippen LogP contribution in [0.25, 0.3) is 22.3 Å².